The fourth-order valence-corrected chi connectivity index (χ4v) is 3.92. The minimum absolute atomic E-state index is 0.129. The first-order valence-electron chi connectivity index (χ1n) is 9.65. The Kier molecular flexibility index (Phi) is 5.19. The van der Waals surface area contributed by atoms with Gasteiger partial charge in [0.2, 0.25) is 0 Å². The van der Waals surface area contributed by atoms with Gasteiger partial charge in [0.05, 0.1) is 31.6 Å². The maximum absolute atomic E-state index is 12.6. The zero-order chi connectivity index (χ0) is 19.5. The SMILES string of the molecule is COc1ccc(CNC(=O)c2ccc3c(c2)ncn3C2CCCC2)c(OC)c1. The van der Waals surface area contributed by atoms with E-state index >= 15 is 0 Å². The molecule has 0 radical (unpaired) electrons. The molecule has 1 amide bonds. The highest BCUT2D eigenvalue weighted by atomic mass is 16.5. The molecule has 6 heteroatoms. The van der Waals surface area contributed by atoms with Crippen molar-refractivity contribution in [3.8, 4) is 11.5 Å². The minimum atomic E-state index is -0.129. The van der Waals surface area contributed by atoms with Crippen LogP contribution in [0.2, 0.25) is 0 Å². The molecule has 0 unspecified atom stereocenters. The van der Waals surface area contributed by atoms with E-state index in [1.807, 2.05) is 42.7 Å². The van der Waals surface area contributed by atoms with Gasteiger partial charge < -0.3 is 19.4 Å². The molecule has 0 aliphatic heterocycles. The second-order valence-corrected chi connectivity index (χ2v) is 7.15. The number of ether oxygens (including phenoxy) is 2. The molecule has 0 spiro atoms. The molecule has 0 atom stereocenters. The van der Waals surface area contributed by atoms with E-state index in [1.54, 1.807) is 14.2 Å². The Bertz CT molecular complexity index is 990. The molecule has 1 aromatic heterocycles. The summed E-state index contributed by atoms with van der Waals surface area (Å²) in [5, 5.41) is 2.96. The lowest BCUT2D eigenvalue weighted by Crippen LogP contribution is -2.23. The van der Waals surface area contributed by atoms with Crippen molar-refractivity contribution in [2.24, 2.45) is 0 Å². The number of nitrogens with zero attached hydrogens (tertiary/aromatic N) is 2. The topological polar surface area (TPSA) is 65.4 Å². The summed E-state index contributed by atoms with van der Waals surface area (Å²) in [5.74, 6) is 1.27. The number of aromatic nitrogens is 2. The molecule has 1 heterocycles. The van der Waals surface area contributed by atoms with Crippen LogP contribution in [-0.4, -0.2) is 29.7 Å². The molecule has 28 heavy (non-hydrogen) atoms. The van der Waals surface area contributed by atoms with Crippen molar-refractivity contribution in [2.45, 2.75) is 38.3 Å². The maximum Gasteiger partial charge on any atom is 0.251 e. The van der Waals surface area contributed by atoms with Crippen LogP contribution in [-0.2, 0) is 6.54 Å². The van der Waals surface area contributed by atoms with Gasteiger partial charge in [-0.2, -0.15) is 0 Å². The van der Waals surface area contributed by atoms with E-state index in [4.69, 9.17) is 9.47 Å². The van der Waals surface area contributed by atoms with Gasteiger partial charge in [-0.25, -0.2) is 4.98 Å². The number of amides is 1. The molecular weight excluding hydrogens is 354 g/mol. The number of benzene rings is 2. The molecular formula is C22H25N3O3. The number of fused-ring (bicyclic) bond motifs is 1. The van der Waals surface area contributed by atoms with Crippen LogP contribution in [0.25, 0.3) is 11.0 Å². The summed E-state index contributed by atoms with van der Waals surface area (Å²) in [5.41, 5.74) is 3.46. The summed E-state index contributed by atoms with van der Waals surface area (Å²) < 4.78 is 12.9. The lowest BCUT2D eigenvalue weighted by Gasteiger charge is -2.13. The van der Waals surface area contributed by atoms with E-state index in [9.17, 15) is 4.79 Å². The van der Waals surface area contributed by atoms with Gasteiger partial charge in [-0.15, -0.1) is 0 Å². The van der Waals surface area contributed by atoms with Crippen LogP contribution in [0.4, 0.5) is 0 Å². The molecule has 4 rings (SSSR count). The van der Waals surface area contributed by atoms with Crippen LogP contribution in [0, 0.1) is 0 Å². The van der Waals surface area contributed by atoms with Crippen molar-refractivity contribution in [1.29, 1.82) is 0 Å². The fraction of sp³-hybridized carbons (Fsp3) is 0.364. The highest BCUT2D eigenvalue weighted by molar-refractivity contribution is 5.97. The minimum Gasteiger partial charge on any atom is -0.497 e. The monoisotopic (exact) mass is 379 g/mol. The molecule has 1 N–H and O–H groups in total. The zero-order valence-corrected chi connectivity index (χ0v) is 16.3. The third kappa shape index (κ3) is 3.54. The van der Waals surface area contributed by atoms with Crippen LogP contribution in [0.3, 0.4) is 0 Å². The Balaban J connectivity index is 1.48. The van der Waals surface area contributed by atoms with Crippen molar-refractivity contribution >= 4 is 16.9 Å². The van der Waals surface area contributed by atoms with Crippen LogP contribution in [0.1, 0.15) is 47.6 Å². The number of imidazole rings is 1. The molecule has 0 saturated heterocycles. The quantitative estimate of drug-likeness (QED) is 0.700. The zero-order valence-electron chi connectivity index (χ0n) is 16.3. The van der Waals surface area contributed by atoms with E-state index in [0.29, 0.717) is 23.9 Å². The maximum atomic E-state index is 12.6. The van der Waals surface area contributed by atoms with Crippen molar-refractivity contribution in [1.82, 2.24) is 14.9 Å². The predicted octanol–water partition coefficient (Wildman–Crippen LogP) is 4.10. The Labute approximate surface area is 164 Å². The summed E-state index contributed by atoms with van der Waals surface area (Å²) in [7, 11) is 3.22. The third-order valence-electron chi connectivity index (χ3n) is 5.49. The molecule has 0 bridgehead atoms. The van der Waals surface area contributed by atoms with Gasteiger partial charge in [0.15, 0.2) is 0 Å². The van der Waals surface area contributed by atoms with Gasteiger partial charge in [0, 0.05) is 29.8 Å². The number of hydrogen-bond acceptors (Lipinski definition) is 4. The van der Waals surface area contributed by atoms with Gasteiger partial charge in [-0.1, -0.05) is 12.8 Å². The Morgan fingerprint density at radius 3 is 2.71 bits per heavy atom. The summed E-state index contributed by atoms with van der Waals surface area (Å²) >= 11 is 0. The van der Waals surface area contributed by atoms with Crippen LogP contribution < -0.4 is 14.8 Å². The molecule has 146 valence electrons. The Morgan fingerprint density at radius 1 is 1.14 bits per heavy atom. The van der Waals surface area contributed by atoms with Gasteiger partial charge in [0.1, 0.15) is 11.5 Å². The molecule has 3 aromatic rings. The van der Waals surface area contributed by atoms with Gasteiger partial charge in [-0.05, 0) is 43.2 Å². The normalized spacial score (nSPS) is 14.4. The van der Waals surface area contributed by atoms with Crippen molar-refractivity contribution in [2.75, 3.05) is 14.2 Å². The van der Waals surface area contributed by atoms with E-state index in [0.717, 1.165) is 22.3 Å². The van der Waals surface area contributed by atoms with Crippen LogP contribution in [0.5, 0.6) is 11.5 Å². The number of hydrogen-bond donors (Lipinski definition) is 1. The largest absolute Gasteiger partial charge is 0.497 e. The lowest BCUT2D eigenvalue weighted by molar-refractivity contribution is 0.0951. The molecule has 1 saturated carbocycles. The third-order valence-corrected chi connectivity index (χ3v) is 5.49. The Hall–Kier alpha value is -3.02. The summed E-state index contributed by atoms with van der Waals surface area (Å²) in [6.45, 7) is 0.376. The summed E-state index contributed by atoms with van der Waals surface area (Å²) in [6, 6.07) is 11.8. The fourth-order valence-electron chi connectivity index (χ4n) is 3.92. The highest BCUT2D eigenvalue weighted by Crippen LogP contribution is 2.32. The first-order chi connectivity index (χ1) is 13.7. The van der Waals surface area contributed by atoms with Crippen molar-refractivity contribution < 1.29 is 14.3 Å². The van der Waals surface area contributed by atoms with E-state index in [1.165, 1.54) is 25.7 Å². The number of carbonyl (C=O) groups excluding carboxylic acids is 1. The van der Waals surface area contributed by atoms with Gasteiger partial charge in [0.25, 0.3) is 5.91 Å². The number of nitrogens with one attached hydrogen (secondary N) is 1. The number of rotatable bonds is 6. The van der Waals surface area contributed by atoms with Crippen LogP contribution in [0.15, 0.2) is 42.7 Å². The second kappa shape index (κ2) is 7.92. The lowest BCUT2D eigenvalue weighted by atomic mass is 10.1. The van der Waals surface area contributed by atoms with E-state index in [2.05, 4.69) is 14.9 Å². The standard InChI is InChI=1S/C22H25N3O3/c1-27-18-9-7-16(21(12-18)28-2)13-23-22(26)15-8-10-20-19(11-15)24-14-25(20)17-5-3-4-6-17/h7-12,14,17H,3-6,13H2,1-2H3,(H,23,26). The first-order valence-corrected chi connectivity index (χ1v) is 9.65. The number of methoxy groups -OCH3 is 2. The number of carbonyl (C=O) groups is 1. The smallest absolute Gasteiger partial charge is 0.251 e. The predicted molar refractivity (Wildman–Crippen MR) is 108 cm³/mol. The summed E-state index contributed by atoms with van der Waals surface area (Å²) in [6.07, 6.45) is 6.87. The average molecular weight is 379 g/mol. The van der Waals surface area contributed by atoms with Crippen molar-refractivity contribution in [3.05, 3.63) is 53.9 Å². The van der Waals surface area contributed by atoms with Gasteiger partial charge >= 0.3 is 0 Å². The molecule has 1 fully saturated rings. The molecule has 1 aliphatic carbocycles. The molecule has 6 nitrogen and oxygen atoms in total. The first kappa shape index (κ1) is 18.3. The Morgan fingerprint density at radius 2 is 1.96 bits per heavy atom. The highest BCUT2D eigenvalue weighted by Gasteiger charge is 2.19. The van der Waals surface area contributed by atoms with E-state index < -0.39 is 0 Å². The average Bonchev–Trinajstić information content (AvgIpc) is 3.40. The molecule has 1 aliphatic rings. The van der Waals surface area contributed by atoms with Crippen molar-refractivity contribution in [3.63, 3.8) is 0 Å². The van der Waals surface area contributed by atoms with E-state index in [-0.39, 0.29) is 5.91 Å². The second-order valence-electron chi connectivity index (χ2n) is 7.15. The van der Waals surface area contributed by atoms with Crippen LogP contribution >= 0.6 is 0 Å². The molecule has 2 aromatic carbocycles. The van der Waals surface area contributed by atoms with Gasteiger partial charge in [-0.3, -0.25) is 4.79 Å². The summed E-state index contributed by atoms with van der Waals surface area (Å²) in [4.78, 5) is 17.2.